The zero-order valence-electron chi connectivity index (χ0n) is 19.2. The molecule has 176 valence electrons. The van der Waals surface area contributed by atoms with Gasteiger partial charge in [0, 0.05) is 29.0 Å². The molecule has 1 aliphatic heterocycles. The van der Waals surface area contributed by atoms with Gasteiger partial charge in [0.25, 0.3) is 5.91 Å². The lowest BCUT2D eigenvalue weighted by Gasteiger charge is -2.31. The zero-order valence-corrected chi connectivity index (χ0v) is 20.0. The Hall–Kier alpha value is -3.90. The summed E-state index contributed by atoms with van der Waals surface area (Å²) in [5.41, 5.74) is 4.26. The van der Waals surface area contributed by atoms with Crippen molar-refractivity contribution in [1.29, 1.82) is 0 Å². The topological polar surface area (TPSA) is 64.4 Å². The van der Waals surface area contributed by atoms with Gasteiger partial charge in [-0.05, 0) is 55.7 Å². The second-order valence-corrected chi connectivity index (χ2v) is 8.88. The van der Waals surface area contributed by atoms with Gasteiger partial charge in [0.2, 0.25) is 0 Å². The van der Waals surface area contributed by atoms with Gasteiger partial charge >= 0.3 is 5.97 Å². The first kappa shape index (κ1) is 22.9. The smallest absolute Gasteiger partial charge is 0.342 e. The second kappa shape index (κ2) is 9.76. The molecule has 0 fully saturated rings. The second-order valence-electron chi connectivity index (χ2n) is 8.45. The molecule has 5 rings (SSSR count). The molecule has 1 aliphatic rings. The number of ether oxygens (including phenoxy) is 1. The fourth-order valence-corrected chi connectivity index (χ4v) is 4.44. The molecule has 0 bridgehead atoms. The summed E-state index contributed by atoms with van der Waals surface area (Å²) in [7, 11) is 0. The Morgan fingerprint density at radius 1 is 0.971 bits per heavy atom. The van der Waals surface area contributed by atoms with Gasteiger partial charge in [-0.15, -0.1) is 0 Å². The number of benzene rings is 3. The maximum Gasteiger partial charge on any atom is 0.342 e. The maximum atomic E-state index is 13.3. The third-order valence-corrected chi connectivity index (χ3v) is 6.33. The molecule has 0 saturated heterocycles. The molecule has 0 saturated carbocycles. The SMILES string of the molecule is C[C@@H](OC(=O)c1cn(-c2ccccc2)nc1-c1ccc(Cl)cc1)C(=O)N1CCCc2ccccc21. The summed E-state index contributed by atoms with van der Waals surface area (Å²) in [6, 6.07) is 24.4. The Kier molecular flexibility index (Phi) is 6.38. The number of fused-ring (bicyclic) bond motifs is 1. The summed E-state index contributed by atoms with van der Waals surface area (Å²) in [6.07, 6.45) is 2.48. The molecule has 1 atom stereocenters. The summed E-state index contributed by atoms with van der Waals surface area (Å²) >= 11 is 6.06. The van der Waals surface area contributed by atoms with Crippen LogP contribution in [0.15, 0.2) is 85.1 Å². The Bertz CT molecular complexity index is 1370. The first-order valence-corrected chi connectivity index (χ1v) is 11.9. The third kappa shape index (κ3) is 4.70. The van der Waals surface area contributed by atoms with Crippen LogP contribution in [0.2, 0.25) is 5.02 Å². The van der Waals surface area contributed by atoms with Crippen LogP contribution < -0.4 is 4.90 Å². The maximum absolute atomic E-state index is 13.3. The van der Waals surface area contributed by atoms with Gasteiger partial charge in [0.1, 0.15) is 11.3 Å². The number of amides is 1. The van der Waals surface area contributed by atoms with Gasteiger partial charge in [-0.2, -0.15) is 5.10 Å². The molecule has 1 amide bonds. The molecular weight excluding hydrogens is 462 g/mol. The predicted octanol–water partition coefficient (Wildman–Crippen LogP) is 5.72. The minimum Gasteiger partial charge on any atom is -0.449 e. The van der Waals surface area contributed by atoms with Crippen LogP contribution in [0.1, 0.15) is 29.3 Å². The number of aromatic nitrogens is 2. The normalized spacial score (nSPS) is 13.7. The molecule has 0 unspecified atom stereocenters. The highest BCUT2D eigenvalue weighted by atomic mass is 35.5. The van der Waals surface area contributed by atoms with E-state index in [-0.39, 0.29) is 11.5 Å². The first-order chi connectivity index (χ1) is 17.0. The highest BCUT2D eigenvalue weighted by Crippen LogP contribution is 2.29. The number of rotatable bonds is 5. The molecule has 4 aromatic rings. The number of anilines is 1. The molecule has 1 aromatic heterocycles. The largest absolute Gasteiger partial charge is 0.449 e. The predicted molar refractivity (Wildman–Crippen MR) is 136 cm³/mol. The Morgan fingerprint density at radius 2 is 1.69 bits per heavy atom. The van der Waals surface area contributed by atoms with Gasteiger partial charge in [-0.1, -0.05) is 60.1 Å². The number of hydrogen-bond acceptors (Lipinski definition) is 4. The lowest BCUT2D eigenvalue weighted by Crippen LogP contribution is -2.42. The van der Waals surface area contributed by atoms with E-state index in [9.17, 15) is 9.59 Å². The number of carbonyl (C=O) groups is 2. The van der Waals surface area contributed by atoms with Crippen LogP contribution in [0, 0.1) is 0 Å². The summed E-state index contributed by atoms with van der Waals surface area (Å²) in [6.45, 7) is 2.21. The van der Waals surface area contributed by atoms with Gasteiger partial charge in [-0.25, -0.2) is 9.48 Å². The third-order valence-electron chi connectivity index (χ3n) is 6.08. The molecule has 0 N–H and O–H groups in total. The van der Waals surface area contributed by atoms with Gasteiger partial charge < -0.3 is 9.64 Å². The van der Waals surface area contributed by atoms with Crippen molar-refractivity contribution in [1.82, 2.24) is 9.78 Å². The number of halogens is 1. The van der Waals surface area contributed by atoms with Crippen molar-refractivity contribution >= 4 is 29.2 Å². The van der Waals surface area contributed by atoms with E-state index < -0.39 is 12.1 Å². The molecule has 2 heterocycles. The Balaban J connectivity index is 1.43. The monoisotopic (exact) mass is 485 g/mol. The van der Waals surface area contributed by atoms with Crippen LogP contribution in [-0.4, -0.2) is 34.3 Å². The Labute approximate surface area is 208 Å². The van der Waals surface area contributed by atoms with E-state index in [0.717, 1.165) is 35.3 Å². The average Bonchev–Trinajstić information content (AvgIpc) is 3.34. The van der Waals surface area contributed by atoms with Crippen molar-refractivity contribution < 1.29 is 14.3 Å². The average molecular weight is 486 g/mol. The molecule has 6 nitrogen and oxygen atoms in total. The number of hydrogen-bond donors (Lipinski definition) is 0. The van der Waals surface area contributed by atoms with Crippen molar-refractivity contribution in [2.24, 2.45) is 0 Å². The van der Waals surface area contributed by atoms with Gasteiger partial charge in [-0.3, -0.25) is 4.79 Å². The van der Waals surface area contributed by atoms with E-state index in [4.69, 9.17) is 16.3 Å². The van der Waals surface area contributed by atoms with E-state index in [1.807, 2.05) is 54.6 Å². The van der Waals surface area contributed by atoms with Crippen LogP contribution in [-0.2, 0) is 16.0 Å². The zero-order chi connectivity index (χ0) is 24.4. The fraction of sp³-hybridized carbons (Fsp3) is 0.179. The summed E-state index contributed by atoms with van der Waals surface area (Å²) in [5, 5.41) is 5.24. The molecule has 0 spiro atoms. The van der Waals surface area contributed by atoms with Gasteiger partial charge in [0.05, 0.1) is 5.69 Å². The van der Waals surface area contributed by atoms with Crippen molar-refractivity contribution in [2.75, 3.05) is 11.4 Å². The molecular formula is C28H24ClN3O3. The summed E-state index contributed by atoms with van der Waals surface area (Å²) < 4.78 is 7.32. The van der Waals surface area contributed by atoms with Crippen LogP contribution in [0.4, 0.5) is 5.69 Å². The summed E-state index contributed by atoms with van der Waals surface area (Å²) in [4.78, 5) is 28.3. The molecule has 35 heavy (non-hydrogen) atoms. The van der Waals surface area contributed by atoms with Crippen molar-refractivity contribution in [3.8, 4) is 16.9 Å². The van der Waals surface area contributed by atoms with Crippen LogP contribution >= 0.6 is 11.6 Å². The van der Waals surface area contributed by atoms with Crippen LogP contribution in [0.3, 0.4) is 0 Å². The van der Waals surface area contributed by atoms with E-state index >= 15 is 0 Å². The molecule has 7 heteroatoms. The highest BCUT2D eigenvalue weighted by Gasteiger charge is 2.30. The van der Waals surface area contributed by atoms with Crippen LogP contribution in [0.5, 0.6) is 0 Å². The lowest BCUT2D eigenvalue weighted by atomic mass is 10.0. The standard InChI is InChI=1S/C28H24ClN3O3/c1-19(27(33)31-17-7-9-20-8-5-6-12-25(20)31)35-28(34)24-18-32(23-10-3-2-4-11-23)30-26(24)21-13-15-22(29)16-14-21/h2-6,8,10-16,18-19H,7,9,17H2,1H3/t19-/m1/s1. The number of carbonyl (C=O) groups excluding carboxylic acids is 2. The lowest BCUT2D eigenvalue weighted by molar-refractivity contribution is -0.126. The summed E-state index contributed by atoms with van der Waals surface area (Å²) in [5.74, 6) is -0.850. The number of para-hydroxylation sites is 2. The quantitative estimate of drug-likeness (QED) is 0.339. The highest BCUT2D eigenvalue weighted by molar-refractivity contribution is 6.30. The fourth-order valence-electron chi connectivity index (χ4n) is 4.31. The Morgan fingerprint density at radius 3 is 2.46 bits per heavy atom. The van der Waals surface area contributed by atoms with Crippen molar-refractivity contribution in [3.05, 3.63) is 101 Å². The van der Waals surface area contributed by atoms with Gasteiger partial charge in [0.15, 0.2) is 6.10 Å². The number of esters is 1. The first-order valence-electron chi connectivity index (χ1n) is 11.5. The van der Waals surface area contributed by atoms with E-state index in [1.54, 1.807) is 47.0 Å². The minimum absolute atomic E-state index is 0.242. The number of aryl methyl sites for hydroxylation is 1. The number of nitrogens with zero attached hydrogens (tertiary/aromatic N) is 3. The van der Waals surface area contributed by atoms with E-state index in [0.29, 0.717) is 17.3 Å². The van der Waals surface area contributed by atoms with Crippen molar-refractivity contribution in [2.45, 2.75) is 25.9 Å². The molecule has 3 aromatic carbocycles. The van der Waals surface area contributed by atoms with Crippen molar-refractivity contribution in [3.63, 3.8) is 0 Å². The van der Waals surface area contributed by atoms with E-state index in [1.165, 1.54) is 0 Å². The van der Waals surface area contributed by atoms with Crippen LogP contribution in [0.25, 0.3) is 16.9 Å². The molecule has 0 aliphatic carbocycles. The van der Waals surface area contributed by atoms with E-state index in [2.05, 4.69) is 5.10 Å². The minimum atomic E-state index is -0.952. The molecule has 0 radical (unpaired) electrons.